The molecule has 0 radical (unpaired) electrons. The number of carboxylic acid groups (broad SMARTS) is 1. The van der Waals surface area contributed by atoms with Crippen LogP contribution in [0.1, 0.15) is 56.6 Å². The molecule has 0 aliphatic rings. The number of aliphatic carboxylic acids is 1. The lowest BCUT2D eigenvalue weighted by Gasteiger charge is -2.15. The first kappa shape index (κ1) is 18.3. The SMILES string of the molecule is CCCCCCCCc1cc(N(C)C)ccc1C=CC(=O)O. The molecule has 1 rings (SSSR count). The second kappa shape index (κ2) is 10.0. The summed E-state index contributed by atoms with van der Waals surface area (Å²) < 4.78 is 0. The first-order chi connectivity index (χ1) is 10.5. The fraction of sp³-hybridized carbons (Fsp3) is 0.526. The summed E-state index contributed by atoms with van der Waals surface area (Å²) in [6.07, 6.45) is 11.5. The molecule has 1 aromatic rings. The van der Waals surface area contributed by atoms with Crippen molar-refractivity contribution in [3.8, 4) is 0 Å². The molecule has 0 fully saturated rings. The van der Waals surface area contributed by atoms with E-state index in [0.29, 0.717) is 0 Å². The zero-order valence-electron chi connectivity index (χ0n) is 14.1. The fourth-order valence-corrected chi connectivity index (χ4v) is 2.51. The summed E-state index contributed by atoms with van der Waals surface area (Å²) >= 11 is 0. The summed E-state index contributed by atoms with van der Waals surface area (Å²) in [5.74, 6) is -0.901. The summed E-state index contributed by atoms with van der Waals surface area (Å²) in [6.45, 7) is 2.23. The van der Waals surface area contributed by atoms with E-state index >= 15 is 0 Å². The van der Waals surface area contributed by atoms with Crippen LogP contribution in [-0.2, 0) is 11.2 Å². The predicted molar refractivity (Wildman–Crippen MR) is 94.5 cm³/mol. The quantitative estimate of drug-likeness (QED) is 0.501. The molecule has 1 N–H and O–H groups in total. The fourth-order valence-electron chi connectivity index (χ4n) is 2.51. The highest BCUT2D eigenvalue weighted by atomic mass is 16.4. The standard InChI is InChI=1S/C19H29NO2/c1-4-5-6-7-8-9-10-17-15-18(20(2)3)13-11-16(17)12-14-19(21)22/h11-15H,4-10H2,1-3H3,(H,21,22). The van der Waals surface area contributed by atoms with Crippen LogP contribution in [0.2, 0.25) is 0 Å². The molecule has 0 bridgehead atoms. The largest absolute Gasteiger partial charge is 0.478 e. The molecule has 3 heteroatoms. The third-order valence-corrected chi connectivity index (χ3v) is 3.85. The number of carboxylic acids is 1. The van der Waals surface area contributed by atoms with E-state index in [-0.39, 0.29) is 0 Å². The number of rotatable bonds is 10. The molecule has 122 valence electrons. The minimum atomic E-state index is -0.901. The maximum atomic E-state index is 10.7. The first-order valence-corrected chi connectivity index (χ1v) is 8.26. The highest BCUT2D eigenvalue weighted by molar-refractivity contribution is 5.85. The van der Waals surface area contributed by atoms with Crippen molar-refractivity contribution in [2.75, 3.05) is 19.0 Å². The minimum Gasteiger partial charge on any atom is -0.478 e. The molecule has 0 aliphatic carbocycles. The zero-order chi connectivity index (χ0) is 16.4. The number of hydrogen-bond donors (Lipinski definition) is 1. The van der Waals surface area contributed by atoms with Gasteiger partial charge in [-0.3, -0.25) is 0 Å². The van der Waals surface area contributed by atoms with Crippen molar-refractivity contribution in [2.45, 2.75) is 51.9 Å². The molecular weight excluding hydrogens is 274 g/mol. The third-order valence-electron chi connectivity index (χ3n) is 3.85. The molecule has 3 nitrogen and oxygen atoms in total. The van der Waals surface area contributed by atoms with E-state index in [2.05, 4.69) is 17.9 Å². The Morgan fingerprint density at radius 2 is 1.82 bits per heavy atom. The normalized spacial score (nSPS) is 11.0. The van der Waals surface area contributed by atoms with E-state index in [1.54, 1.807) is 6.08 Å². The van der Waals surface area contributed by atoms with Crippen molar-refractivity contribution in [3.63, 3.8) is 0 Å². The number of carbonyl (C=O) groups is 1. The van der Waals surface area contributed by atoms with Crippen molar-refractivity contribution in [1.82, 2.24) is 0 Å². The van der Waals surface area contributed by atoms with Crippen molar-refractivity contribution >= 4 is 17.7 Å². The van der Waals surface area contributed by atoms with Gasteiger partial charge in [0.1, 0.15) is 0 Å². The van der Waals surface area contributed by atoms with Gasteiger partial charge in [0.15, 0.2) is 0 Å². The molecule has 22 heavy (non-hydrogen) atoms. The third kappa shape index (κ3) is 6.79. The summed E-state index contributed by atoms with van der Waals surface area (Å²) in [5.41, 5.74) is 3.41. The van der Waals surface area contributed by atoms with Crippen LogP contribution in [0.5, 0.6) is 0 Å². The maximum absolute atomic E-state index is 10.7. The second-order valence-electron chi connectivity index (χ2n) is 5.97. The number of benzene rings is 1. The number of unbranched alkanes of at least 4 members (excludes halogenated alkanes) is 5. The van der Waals surface area contributed by atoms with Crippen LogP contribution in [0.4, 0.5) is 5.69 Å². The van der Waals surface area contributed by atoms with Crippen molar-refractivity contribution in [1.29, 1.82) is 0 Å². The Hall–Kier alpha value is -1.77. The Bertz CT molecular complexity index is 492. The lowest BCUT2D eigenvalue weighted by atomic mass is 9.99. The highest BCUT2D eigenvalue weighted by Gasteiger charge is 2.04. The van der Waals surface area contributed by atoms with Gasteiger partial charge in [-0.25, -0.2) is 4.79 Å². The van der Waals surface area contributed by atoms with Gasteiger partial charge in [-0.05, 0) is 42.2 Å². The van der Waals surface area contributed by atoms with Crippen LogP contribution in [0.25, 0.3) is 6.08 Å². The molecule has 0 unspecified atom stereocenters. The van der Waals surface area contributed by atoms with Crippen molar-refractivity contribution < 1.29 is 9.90 Å². The van der Waals surface area contributed by atoms with E-state index in [4.69, 9.17) is 5.11 Å². The van der Waals surface area contributed by atoms with Gasteiger partial charge in [-0.15, -0.1) is 0 Å². The molecule has 0 amide bonds. The van der Waals surface area contributed by atoms with Gasteiger partial charge in [0.25, 0.3) is 0 Å². The predicted octanol–water partition coefficient (Wildman–Crippen LogP) is 4.75. The first-order valence-electron chi connectivity index (χ1n) is 8.26. The van der Waals surface area contributed by atoms with Gasteiger partial charge in [0, 0.05) is 25.9 Å². The number of hydrogen-bond acceptors (Lipinski definition) is 2. The average molecular weight is 303 g/mol. The summed E-state index contributed by atoms with van der Waals surface area (Å²) in [4.78, 5) is 12.8. The van der Waals surface area contributed by atoms with Gasteiger partial charge in [-0.2, -0.15) is 0 Å². The van der Waals surface area contributed by atoms with E-state index < -0.39 is 5.97 Å². The number of nitrogens with zero attached hydrogens (tertiary/aromatic N) is 1. The van der Waals surface area contributed by atoms with Crippen LogP contribution in [-0.4, -0.2) is 25.2 Å². The van der Waals surface area contributed by atoms with Crippen molar-refractivity contribution in [2.24, 2.45) is 0 Å². The van der Waals surface area contributed by atoms with Crippen LogP contribution in [0, 0.1) is 0 Å². The molecule has 0 aliphatic heterocycles. The van der Waals surface area contributed by atoms with E-state index in [0.717, 1.165) is 24.1 Å². The monoisotopic (exact) mass is 303 g/mol. The van der Waals surface area contributed by atoms with E-state index in [1.807, 2.05) is 26.2 Å². The molecule has 0 spiro atoms. The van der Waals surface area contributed by atoms with Crippen LogP contribution < -0.4 is 4.90 Å². The van der Waals surface area contributed by atoms with Gasteiger partial charge in [0.05, 0.1) is 0 Å². The number of anilines is 1. The molecule has 0 atom stereocenters. The molecule has 0 saturated carbocycles. The topological polar surface area (TPSA) is 40.5 Å². The highest BCUT2D eigenvalue weighted by Crippen LogP contribution is 2.21. The zero-order valence-corrected chi connectivity index (χ0v) is 14.1. The average Bonchev–Trinajstić information content (AvgIpc) is 2.49. The summed E-state index contributed by atoms with van der Waals surface area (Å²) in [7, 11) is 4.05. The van der Waals surface area contributed by atoms with Crippen molar-refractivity contribution in [3.05, 3.63) is 35.4 Å². The van der Waals surface area contributed by atoms with Crippen LogP contribution in [0.15, 0.2) is 24.3 Å². The van der Waals surface area contributed by atoms with Gasteiger partial charge < -0.3 is 10.0 Å². The maximum Gasteiger partial charge on any atom is 0.328 e. The van der Waals surface area contributed by atoms with E-state index in [9.17, 15) is 4.79 Å². The summed E-state index contributed by atoms with van der Waals surface area (Å²) in [5, 5.41) is 8.81. The molecule has 0 heterocycles. The molecule has 0 aromatic heterocycles. The molecule has 0 saturated heterocycles. The van der Waals surface area contributed by atoms with Crippen LogP contribution in [0.3, 0.4) is 0 Å². The van der Waals surface area contributed by atoms with Gasteiger partial charge in [0.2, 0.25) is 0 Å². The lowest BCUT2D eigenvalue weighted by molar-refractivity contribution is -0.131. The van der Waals surface area contributed by atoms with Gasteiger partial charge in [-0.1, -0.05) is 45.1 Å². The second-order valence-corrected chi connectivity index (χ2v) is 5.97. The minimum absolute atomic E-state index is 0.901. The summed E-state index contributed by atoms with van der Waals surface area (Å²) in [6, 6.07) is 6.22. The Balaban J connectivity index is 2.70. The van der Waals surface area contributed by atoms with Crippen LogP contribution >= 0.6 is 0 Å². The Morgan fingerprint density at radius 1 is 1.14 bits per heavy atom. The Morgan fingerprint density at radius 3 is 2.45 bits per heavy atom. The number of aryl methyl sites for hydroxylation is 1. The Labute approximate surface area is 134 Å². The smallest absolute Gasteiger partial charge is 0.328 e. The Kier molecular flexibility index (Phi) is 8.34. The van der Waals surface area contributed by atoms with E-state index in [1.165, 1.54) is 43.7 Å². The lowest BCUT2D eigenvalue weighted by Crippen LogP contribution is -2.09. The molecule has 1 aromatic carbocycles. The van der Waals surface area contributed by atoms with Gasteiger partial charge >= 0.3 is 5.97 Å². The molecular formula is C19H29NO2.